The molecule has 1 aliphatic heterocycles. The van der Waals surface area contributed by atoms with E-state index >= 15 is 0 Å². The lowest BCUT2D eigenvalue weighted by molar-refractivity contribution is -0.120. The molecule has 2 heterocycles. The third kappa shape index (κ3) is 3.41. The van der Waals surface area contributed by atoms with Crippen LogP contribution in [0.5, 0.6) is 5.75 Å². The van der Waals surface area contributed by atoms with Gasteiger partial charge in [0, 0.05) is 12.7 Å². The molecule has 7 heteroatoms. The van der Waals surface area contributed by atoms with Gasteiger partial charge in [-0.2, -0.15) is 0 Å². The van der Waals surface area contributed by atoms with E-state index in [9.17, 15) is 4.79 Å². The number of rotatable bonds is 5. The molecule has 0 aliphatic carbocycles. The minimum Gasteiger partial charge on any atom is -0.497 e. The molecule has 1 aromatic carbocycles. The van der Waals surface area contributed by atoms with E-state index in [-0.39, 0.29) is 11.9 Å². The van der Waals surface area contributed by atoms with E-state index in [0.717, 1.165) is 42.5 Å². The molecule has 1 fully saturated rings. The number of nitrogens with zero attached hydrogens (tertiary/aromatic N) is 4. The summed E-state index contributed by atoms with van der Waals surface area (Å²) in [6.07, 6.45) is 1.87. The summed E-state index contributed by atoms with van der Waals surface area (Å²) in [5.74, 6) is 2.56. The monoisotopic (exact) mass is 329 g/mol. The zero-order chi connectivity index (χ0) is 17.1. The van der Waals surface area contributed by atoms with E-state index in [0.29, 0.717) is 6.54 Å². The van der Waals surface area contributed by atoms with Crippen LogP contribution < -0.4 is 10.1 Å². The molecule has 1 aliphatic rings. The Morgan fingerprint density at radius 3 is 2.71 bits per heavy atom. The van der Waals surface area contributed by atoms with Gasteiger partial charge in [0.25, 0.3) is 0 Å². The van der Waals surface area contributed by atoms with Gasteiger partial charge in [0.1, 0.15) is 17.4 Å². The third-order valence-electron chi connectivity index (χ3n) is 4.55. The molecule has 128 valence electrons. The maximum Gasteiger partial charge on any atom is 0.241 e. The van der Waals surface area contributed by atoms with Crippen LogP contribution in [0, 0.1) is 6.92 Å². The lowest BCUT2D eigenvalue weighted by atomic mass is 10.2. The Morgan fingerprint density at radius 1 is 1.33 bits per heavy atom. The van der Waals surface area contributed by atoms with Gasteiger partial charge in [0.05, 0.1) is 19.7 Å². The third-order valence-corrected chi connectivity index (χ3v) is 4.55. The molecule has 24 heavy (non-hydrogen) atoms. The second-order valence-electron chi connectivity index (χ2n) is 6.07. The summed E-state index contributed by atoms with van der Waals surface area (Å²) in [7, 11) is 3.57. The zero-order valence-corrected chi connectivity index (χ0v) is 14.3. The Labute approximate surface area is 141 Å². The van der Waals surface area contributed by atoms with E-state index in [2.05, 4.69) is 20.4 Å². The molecule has 1 saturated heterocycles. The first-order valence-corrected chi connectivity index (χ1v) is 8.12. The number of anilines is 1. The molecular formula is C17H23N5O2. The highest BCUT2D eigenvalue weighted by atomic mass is 16.5. The number of methoxy groups -OCH3 is 1. The number of benzene rings is 1. The quantitative estimate of drug-likeness (QED) is 0.904. The van der Waals surface area contributed by atoms with Gasteiger partial charge in [-0.05, 0) is 50.6 Å². The number of amides is 1. The predicted molar refractivity (Wildman–Crippen MR) is 90.8 cm³/mol. The van der Waals surface area contributed by atoms with Crippen LogP contribution in [0.25, 0.3) is 0 Å². The largest absolute Gasteiger partial charge is 0.497 e. The van der Waals surface area contributed by atoms with Crippen molar-refractivity contribution in [3.8, 4) is 5.75 Å². The van der Waals surface area contributed by atoms with Gasteiger partial charge in [0.15, 0.2) is 0 Å². The van der Waals surface area contributed by atoms with Gasteiger partial charge in [-0.15, -0.1) is 10.2 Å². The molecular weight excluding hydrogens is 306 g/mol. The average Bonchev–Trinajstić information content (AvgIpc) is 3.18. The smallest absolute Gasteiger partial charge is 0.241 e. The summed E-state index contributed by atoms with van der Waals surface area (Å²) in [5.41, 5.74) is 0.780. The molecule has 0 unspecified atom stereocenters. The molecule has 1 atom stereocenters. The van der Waals surface area contributed by atoms with Crippen molar-refractivity contribution in [1.82, 2.24) is 19.7 Å². The van der Waals surface area contributed by atoms with E-state index in [1.165, 1.54) is 0 Å². The van der Waals surface area contributed by atoms with Gasteiger partial charge in [0.2, 0.25) is 5.91 Å². The highest BCUT2D eigenvalue weighted by Gasteiger charge is 2.31. The topological polar surface area (TPSA) is 72.3 Å². The van der Waals surface area contributed by atoms with Crippen LogP contribution in [0.4, 0.5) is 5.69 Å². The van der Waals surface area contributed by atoms with Crippen molar-refractivity contribution in [3.05, 3.63) is 35.9 Å². The summed E-state index contributed by atoms with van der Waals surface area (Å²) in [6, 6.07) is 7.24. The molecule has 1 aromatic heterocycles. The van der Waals surface area contributed by atoms with Gasteiger partial charge in [-0.1, -0.05) is 0 Å². The predicted octanol–water partition coefficient (Wildman–Crippen LogP) is 1.74. The number of hydrogen-bond acceptors (Lipinski definition) is 5. The number of aromatic nitrogens is 3. The summed E-state index contributed by atoms with van der Waals surface area (Å²) in [5, 5.41) is 11.3. The molecule has 0 bridgehead atoms. The normalized spacial score (nSPS) is 17.9. The Bertz CT molecular complexity index is 710. The van der Waals surface area contributed by atoms with Crippen LogP contribution in [0.2, 0.25) is 0 Å². The average molecular weight is 329 g/mol. The number of carbonyl (C=O) groups is 1. The number of nitrogens with one attached hydrogen (secondary N) is 1. The Balaban J connectivity index is 1.65. The first-order chi connectivity index (χ1) is 11.6. The minimum atomic E-state index is -0.135. The van der Waals surface area contributed by atoms with Gasteiger partial charge in [-0.25, -0.2) is 0 Å². The zero-order valence-electron chi connectivity index (χ0n) is 14.3. The fourth-order valence-corrected chi connectivity index (χ4v) is 2.98. The van der Waals surface area contributed by atoms with Crippen molar-refractivity contribution in [1.29, 1.82) is 0 Å². The lowest BCUT2D eigenvalue weighted by Crippen LogP contribution is -2.39. The van der Waals surface area contributed by atoms with Crippen LogP contribution >= 0.6 is 0 Å². The van der Waals surface area contributed by atoms with Crippen LogP contribution in [-0.2, 0) is 18.4 Å². The van der Waals surface area contributed by atoms with Crippen LogP contribution in [0.3, 0.4) is 0 Å². The number of likely N-dealkylation sites (tertiary alicyclic amines) is 1. The molecule has 3 rings (SSSR count). The minimum absolute atomic E-state index is 0.0246. The SMILES string of the molecule is COc1ccc(NC(=O)[C@@H]2CCCN2Cc2nnc(C)n2C)cc1. The number of aryl methyl sites for hydroxylation is 1. The highest BCUT2D eigenvalue weighted by molar-refractivity contribution is 5.95. The van der Waals surface area contributed by atoms with E-state index < -0.39 is 0 Å². The summed E-state index contributed by atoms with van der Waals surface area (Å²) < 4.78 is 7.10. The number of hydrogen-bond donors (Lipinski definition) is 1. The van der Waals surface area contributed by atoms with Crippen molar-refractivity contribution in [3.63, 3.8) is 0 Å². The molecule has 0 radical (unpaired) electrons. The van der Waals surface area contributed by atoms with Crippen molar-refractivity contribution in [2.24, 2.45) is 7.05 Å². The summed E-state index contributed by atoms with van der Waals surface area (Å²) in [4.78, 5) is 14.8. The second-order valence-corrected chi connectivity index (χ2v) is 6.07. The maximum atomic E-state index is 12.6. The Kier molecular flexibility index (Phi) is 4.80. The number of ether oxygens (including phenoxy) is 1. The molecule has 2 aromatic rings. The van der Waals surface area contributed by atoms with Crippen LogP contribution in [0.1, 0.15) is 24.5 Å². The van der Waals surface area contributed by atoms with Crippen molar-refractivity contribution in [2.45, 2.75) is 32.4 Å². The molecule has 0 spiro atoms. The fourth-order valence-electron chi connectivity index (χ4n) is 2.98. The van der Waals surface area contributed by atoms with E-state index in [4.69, 9.17) is 4.74 Å². The number of carbonyl (C=O) groups excluding carboxylic acids is 1. The standard InChI is InChI=1S/C17H23N5O2/c1-12-19-20-16(21(12)2)11-22-10-4-5-15(22)17(23)18-13-6-8-14(24-3)9-7-13/h6-9,15H,4-5,10-11H2,1-3H3,(H,18,23)/t15-/m0/s1. The highest BCUT2D eigenvalue weighted by Crippen LogP contribution is 2.22. The Morgan fingerprint density at radius 2 is 2.08 bits per heavy atom. The molecule has 1 amide bonds. The first kappa shape index (κ1) is 16.4. The van der Waals surface area contributed by atoms with Gasteiger partial charge < -0.3 is 14.6 Å². The summed E-state index contributed by atoms with van der Waals surface area (Å²) >= 11 is 0. The molecule has 1 N–H and O–H groups in total. The Hall–Kier alpha value is -2.41. The molecule has 0 saturated carbocycles. The first-order valence-electron chi connectivity index (χ1n) is 8.12. The van der Waals surface area contributed by atoms with Crippen LogP contribution in [0.15, 0.2) is 24.3 Å². The summed E-state index contributed by atoms with van der Waals surface area (Å²) in [6.45, 7) is 3.46. The van der Waals surface area contributed by atoms with E-state index in [1.54, 1.807) is 7.11 Å². The fraction of sp³-hybridized carbons (Fsp3) is 0.471. The second kappa shape index (κ2) is 7.00. The van der Waals surface area contributed by atoms with Gasteiger partial charge in [-0.3, -0.25) is 9.69 Å². The van der Waals surface area contributed by atoms with Crippen LogP contribution in [-0.4, -0.2) is 45.3 Å². The lowest BCUT2D eigenvalue weighted by Gasteiger charge is -2.23. The van der Waals surface area contributed by atoms with Crippen molar-refractivity contribution < 1.29 is 9.53 Å². The van der Waals surface area contributed by atoms with Crippen molar-refractivity contribution in [2.75, 3.05) is 19.0 Å². The maximum absolute atomic E-state index is 12.6. The van der Waals surface area contributed by atoms with Crippen molar-refractivity contribution >= 4 is 11.6 Å². The van der Waals surface area contributed by atoms with Gasteiger partial charge >= 0.3 is 0 Å². The molecule has 7 nitrogen and oxygen atoms in total. The van der Waals surface area contributed by atoms with E-state index in [1.807, 2.05) is 42.8 Å².